The van der Waals surface area contributed by atoms with Crippen molar-refractivity contribution in [1.82, 2.24) is 0 Å². The second-order valence-electron chi connectivity index (χ2n) is 6.79. The Hall–Kier alpha value is -0.370. The molecule has 0 spiro atoms. The summed E-state index contributed by atoms with van der Waals surface area (Å²) in [7, 11) is 0. The fourth-order valence-electron chi connectivity index (χ4n) is 5.25. The standard InChI is InChI=1S/C16H26O2/c1-2-6-11-12-7-5-9-14(15(12)17)16(18)10-4-3-8-13(11)16/h11-14,18H,2-10H2,1H3. The average molecular weight is 250 g/mol. The number of aliphatic hydroxyl groups is 1. The lowest BCUT2D eigenvalue weighted by atomic mass is 9.50. The van der Waals surface area contributed by atoms with Gasteiger partial charge in [0.25, 0.3) is 0 Å². The molecule has 2 bridgehead atoms. The molecule has 18 heavy (non-hydrogen) atoms. The van der Waals surface area contributed by atoms with Gasteiger partial charge in [-0.25, -0.2) is 0 Å². The lowest BCUT2D eigenvalue weighted by Gasteiger charge is -2.56. The molecule has 0 aromatic heterocycles. The number of fused-ring (bicyclic) bond motifs is 4. The number of rotatable bonds is 2. The molecule has 0 amide bonds. The van der Waals surface area contributed by atoms with Crippen LogP contribution in [0, 0.1) is 23.7 Å². The van der Waals surface area contributed by atoms with Crippen molar-refractivity contribution >= 4 is 5.78 Å². The Labute approximate surface area is 110 Å². The lowest BCUT2D eigenvalue weighted by molar-refractivity contribution is -0.182. The molecule has 3 aliphatic rings. The zero-order valence-corrected chi connectivity index (χ0v) is 11.5. The summed E-state index contributed by atoms with van der Waals surface area (Å²) in [6.07, 6.45) is 9.86. The molecule has 0 heterocycles. The maximum Gasteiger partial charge on any atom is 0.142 e. The lowest BCUT2D eigenvalue weighted by Crippen LogP contribution is -2.61. The van der Waals surface area contributed by atoms with Crippen molar-refractivity contribution in [2.24, 2.45) is 23.7 Å². The van der Waals surface area contributed by atoms with Crippen LogP contribution in [-0.4, -0.2) is 16.5 Å². The molecular weight excluding hydrogens is 224 g/mol. The summed E-state index contributed by atoms with van der Waals surface area (Å²) >= 11 is 0. The minimum Gasteiger partial charge on any atom is -0.389 e. The van der Waals surface area contributed by atoms with Crippen molar-refractivity contribution in [2.75, 3.05) is 0 Å². The molecule has 5 unspecified atom stereocenters. The molecule has 3 aliphatic carbocycles. The number of carbonyl (C=O) groups is 1. The SMILES string of the molecule is CCCC1C2CCCC(C2=O)C2(O)CCCCC12. The predicted molar refractivity (Wildman–Crippen MR) is 71.1 cm³/mol. The van der Waals surface area contributed by atoms with E-state index in [-0.39, 0.29) is 11.8 Å². The highest BCUT2D eigenvalue weighted by atomic mass is 16.3. The third-order valence-corrected chi connectivity index (χ3v) is 5.96. The van der Waals surface area contributed by atoms with Crippen molar-refractivity contribution < 1.29 is 9.90 Å². The fraction of sp³-hybridized carbons (Fsp3) is 0.938. The highest BCUT2D eigenvalue weighted by Gasteiger charge is 2.58. The van der Waals surface area contributed by atoms with Gasteiger partial charge in [-0.2, -0.15) is 0 Å². The van der Waals surface area contributed by atoms with E-state index in [0.29, 0.717) is 17.6 Å². The highest BCUT2D eigenvalue weighted by Crippen LogP contribution is 2.55. The van der Waals surface area contributed by atoms with E-state index in [9.17, 15) is 9.90 Å². The van der Waals surface area contributed by atoms with Gasteiger partial charge in [0.2, 0.25) is 0 Å². The summed E-state index contributed by atoms with van der Waals surface area (Å²) < 4.78 is 0. The first-order chi connectivity index (χ1) is 8.68. The van der Waals surface area contributed by atoms with Crippen LogP contribution in [0.25, 0.3) is 0 Å². The Balaban J connectivity index is 1.96. The zero-order valence-electron chi connectivity index (χ0n) is 11.5. The Bertz CT molecular complexity index is 338. The van der Waals surface area contributed by atoms with Crippen LogP contribution >= 0.6 is 0 Å². The summed E-state index contributed by atoms with van der Waals surface area (Å²) in [5.74, 6) is 1.57. The monoisotopic (exact) mass is 250 g/mol. The molecule has 5 atom stereocenters. The Morgan fingerprint density at radius 3 is 2.83 bits per heavy atom. The van der Waals surface area contributed by atoms with E-state index < -0.39 is 5.60 Å². The van der Waals surface area contributed by atoms with Crippen LogP contribution in [0.5, 0.6) is 0 Å². The van der Waals surface area contributed by atoms with Crippen molar-refractivity contribution in [2.45, 2.75) is 70.3 Å². The van der Waals surface area contributed by atoms with Crippen molar-refractivity contribution in [3.05, 3.63) is 0 Å². The van der Waals surface area contributed by atoms with Crippen LogP contribution in [0.2, 0.25) is 0 Å². The van der Waals surface area contributed by atoms with Crippen molar-refractivity contribution in [1.29, 1.82) is 0 Å². The molecule has 0 aliphatic heterocycles. The van der Waals surface area contributed by atoms with Crippen LogP contribution < -0.4 is 0 Å². The first kappa shape index (κ1) is 12.7. The van der Waals surface area contributed by atoms with Crippen LogP contribution in [-0.2, 0) is 4.79 Å². The van der Waals surface area contributed by atoms with Gasteiger partial charge in [0, 0.05) is 11.8 Å². The van der Waals surface area contributed by atoms with Crippen LogP contribution in [0.15, 0.2) is 0 Å². The number of carbonyl (C=O) groups excluding carboxylic acids is 1. The van der Waals surface area contributed by atoms with Gasteiger partial charge in [-0.05, 0) is 43.9 Å². The predicted octanol–water partition coefficient (Wildman–Crippen LogP) is 3.32. The molecule has 0 radical (unpaired) electrons. The molecule has 0 saturated heterocycles. The second-order valence-corrected chi connectivity index (χ2v) is 6.79. The van der Waals surface area contributed by atoms with E-state index in [0.717, 1.165) is 51.4 Å². The van der Waals surface area contributed by atoms with E-state index in [1.54, 1.807) is 0 Å². The van der Waals surface area contributed by atoms with Gasteiger partial charge in [0.1, 0.15) is 5.78 Å². The van der Waals surface area contributed by atoms with E-state index in [1.165, 1.54) is 6.42 Å². The maximum absolute atomic E-state index is 12.6. The van der Waals surface area contributed by atoms with E-state index in [2.05, 4.69) is 6.92 Å². The third kappa shape index (κ3) is 1.68. The van der Waals surface area contributed by atoms with Crippen LogP contribution in [0.4, 0.5) is 0 Å². The maximum atomic E-state index is 12.6. The van der Waals surface area contributed by atoms with Gasteiger partial charge in [-0.3, -0.25) is 4.79 Å². The Kier molecular flexibility index (Phi) is 3.25. The molecule has 2 heteroatoms. The van der Waals surface area contributed by atoms with Gasteiger partial charge in [0.15, 0.2) is 0 Å². The Morgan fingerprint density at radius 1 is 1.22 bits per heavy atom. The van der Waals surface area contributed by atoms with Crippen LogP contribution in [0.1, 0.15) is 64.7 Å². The van der Waals surface area contributed by atoms with E-state index in [4.69, 9.17) is 0 Å². The number of hydrogen-bond acceptors (Lipinski definition) is 2. The quantitative estimate of drug-likeness (QED) is 0.816. The molecule has 3 rings (SSSR count). The van der Waals surface area contributed by atoms with E-state index in [1.807, 2.05) is 0 Å². The molecule has 0 aromatic rings. The fourth-order valence-corrected chi connectivity index (χ4v) is 5.25. The topological polar surface area (TPSA) is 37.3 Å². The van der Waals surface area contributed by atoms with Gasteiger partial charge < -0.3 is 5.11 Å². The number of Topliss-reactive ketones (excluding diaryl/α,β-unsaturated/α-hetero) is 1. The number of hydrogen-bond donors (Lipinski definition) is 1. The third-order valence-electron chi connectivity index (χ3n) is 5.96. The minimum absolute atomic E-state index is 0.0188. The molecular formula is C16H26O2. The molecule has 3 fully saturated rings. The van der Waals surface area contributed by atoms with Gasteiger partial charge in [-0.15, -0.1) is 0 Å². The summed E-state index contributed by atoms with van der Waals surface area (Å²) in [5.41, 5.74) is -0.633. The summed E-state index contributed by atoms with van der Waals surface area (Å²) in [6, 6.07) is 0. The van der Waals surface area contributed by atoms with Crippen LogP contribution in [0.3, 0.4) is 0 Å². The highest BCUT2D eigenvalue weighted by molar-refractivity contribution is 5.86. The molecule has 3 saturated carbocycles. The summed E-state index contributed by atoms with van der Waals surface area (Å²) in [6.45, 7) is 2.21. The van der Waals surface area contributed by atoms with Crippen molar-refractivity contribution in [3.63, 3.8) is 0 Å². The Morgan fingerprint density at radius 2 is 2.06 bits per heavy atom. The molecule has 0 aromatic carbocycles. The van der Waals surface area contributed by atoms with Gasteiger partial charge >= 0.3 is 0 Å². The largest absolute Gasteiger partial charge is 0.389 e. The van der Waals surface area contributed by atoms with Crippen molar-refractivity contribution in [3.8, 4) is 0 Å². The van der Waals surface area contributed by atoms with E-state index >= 15 is 0 Å². The zero-order chi connectivity index (χ0) is 12.8. The molecule has 2 nitrogen and oxygen atoms in total. The first-order valence-corrected chi connectivity index (χ1v) is 7.94. The van der Waals surface area contributed by atoms with Gasteiger partial charge in [0.05, 0.1) is 5.60 Å². The second kappa shape index (κ2) is 4.63. The number of ketones is 1. The van der Waals surface area contributed by atoms with Gasteiger partial charge in [-0.1, -0.05) is 32.6 Å². The summed E-state index contributed by atoms with van der Waals surface area (Å²) in [4.78, 5) is 12.6. The molecule has 102 valence electrons. The average Bonchev–Trinajstić information content (AvgIpc) is 2.36. The summed E-state index contributed by atoms with van der Waals surface area (Å²) in [5, 5.41) is 11.1. The smallest absolute Gasteiger partial charge is 0.142 e. The molecule has 1 N–H and O–H groups in total. The minimum atomic E-state index is -0.633. The first-order valence-electron chi connectivity index (χ1n) is 7.94. The normalized spacial score (nSPS) is 47.8.